The lowest BCUT2D eigenvalue weighted by atomic mass is 9.90. The number of fused-ring (bicyclic) bond motifs is 3. The summed E-state index contributed by atoms with van der Waals surface area (Å²) in [5.41, 5.74) is 2.61. The van der Waals surface area contributed by atoms with Crippen molar-refractivity contribution < 1.29 is 13.2 Å². The summed E-state index contributed by atoms with van der Waals surface area (Å²) in [6.45, 7) is 1.68. The summed E-state index contributed by atoms with van der Waals surface area (Å²) in [6, 6.07) is 22.3. The quantitative estimate of drug-likeness (QED) is 0.733. The Bertz CT molecular complexity index is 1130. The van der Waals surface area contributed by atoms with E-state index in [4.69, 9.17) is 4.74 Å². The molecule has 2 aliphatic heterocycles. The molecule has 2 atom stereocenters. The highest BCUT2D eigenvalue weighted by atomic mass is 32.2. The van der Waals surface area contributed by atoms with Crippen LogP contribution in [0.4, 0.5) is 0 Å². The van der Waals surface area contributed by atoms with Crippen LogP contribution in [0.15, 0.2) is 82.6 Å². The van der Waals surface area contributed by atoms with Crippen LogP contribution in [0.25, 0.3) is 11.1 Å². The molecular formula is C23H21NO3S. The van der Waals surface area contributed by atoms with Crippen molar-refractivity contribution in [1.29, 1.82) is 0 Å². The molecule has 0 aromatic heterocycles. The number of piperidine rings is 1. The Morgan fingerprint density at radius 1 is 0.857 bits per heavy atom. The van der Waals surface area contributed by atoms with Crippen LogP contribution < -0.4 is 10.1 Å². The van der Waals surface area contributed by atoms with Gasteiger partial charge in [0.2, 0.25) is 9.84 Å². The molecule has 0 saturated carbocycles. The van der Waals surface area contributed by atoms with Crippen molar-refractivity contribution in [2.75, 3.05) is 13.1 Å². The molecule has 0 radical (unpaired) electrons. The molecule has 2 unspecified atom stereocenters. The number of ether oxygens (including phenoxy) is 1. The lowest BCUT2D eigenvalue weighted by Crippen LogP contribution is -2.39. The summed E-state index contributed by atoms with van der Waals surface area (Å²) in [5.74, 6) is 0.792. The monoisotopic (exact) mass is 391 g/mol. The zero-order valence-electron chi connectivity index (χ0n) is 15.3. The number of hydrogen-bond donors (Lipinski definition) is 1. The maximum atomic E-state index is 13.7. The van der Waals surface area contributed by atoms with Crippen molar-refractivity contribution in [3.63, 3.8) is 0 Å². The maximum absolute atomic E-state index is 13.7. The highest BCUT2D eigenvalue weighted by Gasteiger charge is 2.39. The van der Waals surface area contributed by atoms with E-state index < -0.39 is 9.84 Å². The molecule has 2 heterocycles. The number of rotatable bonds is 3. The standard InChI is InChI=1S/C23H21NO3S/c25-28(26,21-11-5-4-9-17(21)16-7-2-1-3-8-16)22-12-6-10-19-18-13-14-24-15-20(18)27-23(19)22/h1-12,18,20,24H,13-15H2. The first-order valence-electron chi connectivity index (χ1n) is 9.56. The zero-order valence-corrected chi connectivity index (χ0v) is 16.2. The summed E-state index contributed by atoms with van der Waals surface area (Å²) in [5, 5.41) is 3.34. The van der Waals surface area contributed by atoms with Gasteiger partial charge >= 0.3 is 0 Å². The summed E-state index contributed by atoms with van der Waals surface area (Å²) < 4.78 is 33.5. The van der Waals surface area contributed by atoms with E-state index in [1.54, 1.807) is 18.2 Å². The number of benzene rings is 3. The molecule has 5 rings (SSSR count). The van der Waals surface area contributed by atoms with Crippen LogP contribution in [-0.2, 0) is 9.84 Å². The summed E-state index contributed by atoms with van der Waals surface area (Å²) in [7, 11) is -3.73. The average Bonchev–Trinajstić information content (AvgIpc) is 3.13. The minimum Gasteiger partial charge on any atom is -0.487 e. The van der Waals surface area contributed by atoms with Gasteiger partial charge in [-0.05, 0) is 30.7 Å². The van der Waals surface area contributed by atoms with Crippen LogP contribution in [0.2, 0.25) is 0 Å². The Kier molecular flexibility index (Phi) is 4.22. The summed E-state index contributed by atoms with van der Waals surface area (Å²) in [6.07, 6.45) is 0.964. The number of nitrogens with one attached hydrogen (secondary N) is 1. The Morgan fingerprint density at radius 2 is 1.61 bits per heavy atom. The van der Waals surface area contributed by atoms with E-state index in [0.29, 0.717) is 16.2 Å². The van der Waals surface area contributed by atoms with Gasteiger partial charge in [0.25, 0.3) is 0 Å². The first kappa shape index (κ1) is 17.5. The summed E-state index contributed by atoms with van der Waals surface area (Å²) in [4.78, 5) is 0.578. The fourth-order valence-corrected chi connectivity index (χ4v) is 5.94. The molecule has 3 aromatic carbocycles. The Labute approximate surface area is 165 Å². The molecule has 1 N–H and O–H groups in total. The van der Waals surface area contributed by atoms with Crippen LogP contribution in [0.1, 0.15) is 17.9 Å². The van der Waals surface area contributed by atoms with Crippen molar-refractivity contribution >= 4 is 9.84 Å². The summed E-state index contributed by atoms with van der Waals surface area (Å²) >= 11 is 0. The van der Waals surface area contributed by atoms with Gasteiger partial charge in [0, 0.05) is 23.6 Å². The van der Waals surface area contributed by atoms with Gasteiger partial charge in [-0.25, -0.2) is 8.42 Å². The van der Waals surface area contributed by atoms with Crippen LogP contribution >= 0.6 is 0 Å². The highest BCUT2D eigenvalue weighted by Crippen LogP contribution is 2.46. The van der Waals surface area contributed by atoms with Crippen molar-refractivity contribution in [1.82, 2.24) is 5.32 Å². The third kappa shape index (κ3) is 2.74. The van der Waals surface area contributed by atoms with E-state index in [9.17, 15) is 8.42 Å². The van der Waals surface area contributed by atoms with Gasteiger partial charge in [0.1, 0.15) is 16.7 Å². The number of sulfone groups is 1. The average molecular weight is 391 g/mol. The molecule has 1 saturated heterocycles. The SMILES string of the molecule is O=S(=O)(c1ccccc1-c1ccccc1)c1cccc2c1OC1CNCCC21. The fraction of sp³-hybridized carbons (Fsp3) is 0.217. The molecular weight excluding hydrogens is 370 g/mol. The van der Waals surface area contributed by atoms with E-state index in [-0.39, 0.29) is 16.9 Å². The molecule has 5 heteroatoms. The largest absolute Gasteiger partial charge is 0.487 e. The fourth-order valence-electron chi connectivity index (χ4n) is 4.30. The predicted octanol–water partition coefficient (Wildman–Crippen LogP) is 4.02. The van der Waals surface area contributed by atoms with Crippen molar-refractivity contribution in [2.45, 2.75) is 28.2 Å². The molecule has 1 fully saturated rings. The predicted molar refractivity (Wildman–Crippen MR) is 108 cm³/mol. The second-order valence-corrected chi connectivity index (χ2v) is 9.18. The van der Waals surface area contributed by atoms with Crippen LogP contribution in [0, 0.1) is 0 Å². The third-order valence-corrected chi connectivity index (χ3v) is 7.49. The molecule has 0 bridgehead atoms. The molecule has 0 aliphatic carbocycles. The van der Waals surface area contributed by atoms with E-state index in [1.807, 2.05) is 54.6 Å². The molecule has 4 nitrogen and oxygen atoms in total. The van der Waals surface area contributed by atoms with Crippen molar-refractivity contribution in [3.05, 3.63) is 78.4 Å². The molecule has 0 spiro atoms. The van der Waals surface area contributed by atoms with Crippen LogP contribution in [0.5, 0.6) is 5.75 Å². The van der Waals surface area contributed by atoms with Gasteiger partial charge in [0.15, 0.2) is 0 Å². The minimum atomic E-state index is -3.73. The van der Waals surface area contributed by atoms with Crippen molar-refractivity contribution in [2.24, 2.45) is 0 Å². The van der Waals surface area contributed by atoms with Gasteiger partial charge in [0.05, 0.1) is 4.90 Å². The van der Waals surface area contributed by atoms with E-state index in [1.165, 1.54) is 0 Å². The van der Waals surface area contributed by atoms with Gasteiger partial charge in [-0.3, -0.25) is 0 Å². The molecule has 2 aliphatic rings. The molecule has 3 aromatic rings. The smallest absolute Gasteiger partial charge is 0.210 e. The van der Waals surface area contributed by atoms with Crippen molar-refractivity contribution in [3.8, 4) is 16.9 Å². The minimum absolute atomic E-state index is 0.00414. The van der Waals surface area contributed by atoms with Crippen LogP contribution in [-0.4, -0.2) is 27.6 Å². The number of hydrogen-bond acceptors (Lipinski definition) is 4. The van der Waals surface area contributed by atoms with Gasteiger partial charge < -0.3 is 10.1 Å². The molecule has 142 valence electrons. The number of para-hydroxylation sites is 1. The second kappa shape index (κ2) is 6.76. The Balaban J connectivity index is 1.66. The lowest BCUT2D eigenvalue weighted by molar-refractivity contribution is 0.173. The third-order valence-electron chi connectivity index (χ3n) is 5.66. The van der Waals surface area contributed by atoms with Gasteiger partial charge in [-0.15, -0.1) is 0 Å². The van der Waals surface area contributed by atoms with E-state index in [0.717, 1.165) is 30.6 Å². The van der Waals surface area contributed by atoms with Crippen LogP contribution in [0.3, 0.4) is 0 Å². The van der Waals surface area contributed by atoms with Gasteiger partial charge in [-0.1, -0.05) is 60.7 Å². The Hall–Kier alpha value is -2.63. The first-order valence-corrected chi connectivity index (χ1v) is 11.0. The topological polar surface area (TPSA) is 55.4 Å². The van der Waals surface area contributed by atoms with E-state index in [2.05, 4.69) is 5.32 Å². The zero-order chi connectivity index (χ0) is 19.1. The van der Waals surface area contributed by atoms with E-state index >= 15 is 0 Å². The first-order chi connectivity index (χ1) is 13.7. The molecule has 28 heavy (non-hydrogen) atoms. The highest BCUT2D eigenvalue weighted by molar-refractivity contribution is 7.91. The lowest BCUT2D eigenvalue weighted by Gasteiger charge is -2.24. The normalized spacial score (nSPS) is 20.9. The maximum Gasteiger partial charge on any atom is 0.210 e. The second-order valence-electron chi connectivity index (χ2n) is 7.30. The Morgan fingerprint density at radius 3 is 2.46 bits per heavy atom. The molecule has 0 amide bonds. The van der Waals surface area contributed by atoms with Gasteiger partial charge in [-0.2, -0.15) is 0 Å².